The lowest BCUT2D eigenvalue weighted by Gasteiger charge is -2.09. The molecule has 138 valence electrons. The van der Waals surface area contributed by atoms with E-state index in [0.717, 1.165) is 28.1 Å². The fourth-order valence-corrected chi connectivity index (χ4v) is 3.21. The predicted octanol–water partition coefficient (Wildman–Crippen LogP) is 5.41. The topological polar surface area (TPSA) is 46.9 Å². The molecule has 1 heterocycles. The van der Waals surface area contributed by atoms with Crippen LogP contribution in [0.5, 0.6) is 0 Å². The summed E-state index contributed by atoms with van der Waals surface area (Å²) in [6, 6.07) is 25.6. The van der Waals surface area contributed by atoms with Gasteiger partial charge in [0.15, 0.2) is 0 Å². The van der Waals surface area contributed by atoms with E-state index in [1.165, 1.54) is 0 Å². The van der Waals surface area contributed by atoms with Gasteiger partial charge in [-0.25, -0.2) is 4.68 Å². The van der Waals surface area contributed by atoms with Crippen molar-refractivity contribution in [3.8, 4) is 16.9 Å². The number of hydrogen-bond donors (Lipinski definition) is 1. The fraction of sp³-hybridized carbons (Fsp3) is 0.0833. The zero-order valence-electron chi connectivity index (χ0n) is 15.9. The van der Waals surface area contributed by atoms with Crippen molar-refractivity contribution in [2.45, 2.75) is 13.8 Å². The Hall–Kier alpha value is -3.66. The second-order valence-electron chi connectivity index (χ2n) is 6.81. The lowest BCUT2D eigenvalue weighted by atomic mass is 10.1. The Morgan fingerprint density at radius 3 is 2.25 bits per heavy atom. The van der Waals surface area contributed by atoms with Crippen LogP contribution >= 0.6 is 0 Å². The van der Waals surface area contributed by atoms with Gasteiger partial charge in [-0.2, -0.15) is 5.10 Å². The van der Waals surface area contributed by atoms with Crippen molar-refractivity contribution < 1.29 is 4.79 Å². The summed E-state index contributed by atoms with van der Waals surface area (Å²) in [5.74, 6) is -0.173. The molecular formula is C24H21N3O. The molecule has 4 heteroatoms. The van der Waals surface area contributed by atoms with Gasteiger partial charge in [-0.3, -0.25) is 4.79 Å². The second kappa shape index (κ2) is 7.53. The van der Waals surface area contributed by atoms with Crippen LogP contribution in [0.15, 0.2) is 85.1 Å². The Labute approximate surface area is 164 Å². The number of nitrogens with zero attached hydrogens (tertiary/aromatic N) is 2. The molecule has 28 heavy (non-hydrogen) atoms. The standard InChI is InChI=1S/C24H21N3O/c1-17-13-14-22(18(2)15-17)25-24(28)21-16-27(20-11-7-4-8-12-20)26-23(21)19-9-5-3-6-10-19/h3-16H,1-2H3,(H,25,28). The second-order valence-corrected chi connectivity index (χ2v) is 6.81. The first kappa shape index (κ1) is 17.7. The molecule has 0 unspecified atom stereocenters. The van der Waals surface area contributed by atoms with Gasteiger partial charge in [0, 0.05) is 17.4 Å². The molecule has 0 aliphatic heterocycles. The van der Waals surface area contributed by atoms with Gasteiger partial charge in [-0.15, -0.1) is 0 Å². The summed E-state index contributed by atoms with van der Waals surface area (Å²) in [4.78, 5) is 13.1. The highest BCUT2D eigenvalue weighted by Crippen LogP contribution is 2.25. The number of anilines is 1. The van der Waals surface area contributed by atoms with Crippen LogP contribution in [0, 0.1) is 13.8 Å². The lowest BCUT2D eigenvalue weighted by Crippen LogP contribution is -2.13. The van der Waals surface area contributed by atoms with Crippen molar-refractivity contribution in [1.82, 2.24) is 9.78 Å². The Bertz CT molecular complexity index is 1120. The molecule has 4 nitrogen and oxygen atoms in total. The van der Waals surface area contributed by atoms with Gasteiger partial charge in [0.25, 0.3) is 5.91 Å². The number of amides is 1. The van der Waals surface area contributed by atoms with Gasteiger partial charge in [0.2, 0.25) is 0 Å². The van der Waals surface area contributed by atoms with Gasteiger partial charge in [-0.1, -0.05) is 66.2 Å². The molecule has 0 aliphatic carbocycles. The molecule has 1 N–H and O–H groups in total. The fourth-order valence-electron chi connectivity index (χ4n) is 3.21. The first-order chi connectivity index (χ1) is 13.6. The minimum absolute atomic E-state index is 0.173. The van der Waals surface area contributed by atoms with Crippen LogP contribution in [0.2, 0.25) is 0 Å². The quantitative estimate of drug-likeness (QED) is 0.524. The molecule has 0 saturated carbocycles. The predicted molar refractivity (Wildman–Crippen MR) is 113 cm³/mol. The van der Waals surface area contributed by atoms with Crippen molar-refractivity contribution >= 4 is 11.6 Å². The third-order valence-electron chi connectivity index (χ3n) is 4.66. The number of benzene rings is 3. The van der Waals surface area contributed by atoms with Gasteiger partial charge in [0.05, 0.1) is 11.3 Å². The van der Waals surface area contributed by atoms with Crippen LogP contribution in [0.3, 0.4) is 0 Å². The Kier molecular flexibility index (Phi) is 4.77. The summed E-state index contributed by atoms with van der Waals surface area (Å²) >= 11 is 0. The molecule has 1 amide bonds. The molecule has 0 radical (unpaired) electrons. The highest BCUT2D eigenvalue weighted by molar-refractivity contribution is 6.08. The first-order valence-corrected chi connectivity index (χ1v) is 9.21. The largest absolute Gasteiger partial charge is 0.322 e. The normalized spacial score (nSPS) is 10.6. The van der Waals surface area contributed by atoms with E-state index in [2.05, 4.69) is 11.4 Å². The van der Waals surface area contributed by atoms with Crippen LogP contribution in [-0.4, -0.2) is 15.7 Å². The number of hydrogen-bond acceptors (Lipinski definition) is 2. The number of carbonyl (C=O) groups is 1. The first-order valence-electron chi connectivity index (χ1n) is 9.21. The zero-order valence-corrected chi connectivity index (χ0v) is 15.9. The smallest absolute Gasteiger partial charge is 0.259 e. The van der Waals surface area contributed by atoms with Gasteiger partial charge >= 0.3 is 0 Å². The molecular weight excluding hydrogens is 346 g/mol. The summed E-state index contributed by atoms with van der Waals surface area (Å²) in [5.41, 5.74) is 6.01. The van der Waals surface area contributed by atoms with Gasteiger partial charge in [-0.05, 0) is 37.6 Å². The third-order valence-corrected chi connectivity index (χ3v) is 4.66. The van der Waals surface area contributed by atoms with Crippen LogP contribution < -0.4 is 5.32 Å². The molecule has 4 aromatic rings. The van der Waals surface area contributed by atoms with Crippen LogP contribution in [0.25, 0.3) is 16.9 Å². The molecule has 0 fully saturated rings. The van der Waals surface area contributed by atoms with Crippen molar-refractivity contribution in [2.75, 3.05) is 5.32 Å². The van der Waals surface area contributed by atoms with Crippen LogP contribution in [0.4, 0.5) is 5.69 Å². The summed E-state index contributed by atoms with van der Waals surface area (Å²) in [6.45, 7) is 4.03. The van der Waals surface area contributed by atoms with Crippen molar-refractivity contribution in [1.29, 1.82) is 0 Å². The minimum Gasteiger partial charge on any atom is -0.322 e. The molecule has 1 aromatic heterocycles. The highest BCUT2D eigenvalue weighted by atomic mass is 16.1. The maximum absolute atomic E-state index is 13.1. The molecule has 3 aromatic carbocycles. The Balaban J connectivity index is 1.76. The maximum Gasteiger partial charge on any atom is 0.259 e. The van der Waals surface area contributed by atoms with E-state index < -0.39 is 0 Å². The summed E-state index contributed by atoms with van der Waals surface area (Å²) in [5, 5.41) is 7.74. The Morgan fingerprint density at radius 1 is 0.893 bits per heavy atom. The average Bonchev–Trinajstić information content (AvgIpc) is 3.17. The zero-order chi connectivity index (χ0) is 19.5. The number of nitrogens with one attached hydrogen (secondary N) is 1. The molecule has 0 saturated heterocycles. The van der Waals surface area contributed by atoms with Crippen LogP contribution in [-0.2, 0) is 0 Å². The van der Waals surface area contributed by atoms with E-state index in [4.69, 9.17) is 5.10 Å². The Morgan fingerprint density at radius 2 is 1.57 bits per heavy atom. The minimum atomic E-state index is -0.173. The van der Waals surface area contributed by atoms with Crippen molar-refractivity contribution in [3.05, 3.63) is 102 Å². The number of rotatable bonds is 4. The van der Waals surface area contributed by atoms with E-state index in [1.807, 2.05) is 86.6 Å². The molecule has 4 rings (SSSR count). The van der Waals surface area contributed by atoms with E-state index in [9.17, 15) is 4.79 Å². The number of aromatic nitrogens is 2. The van der Waals surface area contributed by atoms with E-state index >= 15 is 0 Å². The molecule has 0 aliphatic rings. The number of carbonyl (C=O) groups excluding carboxylic acids is 1. The molecule has 0 spiro atoms. The SMILES string of the molecule is Cc1ccc(NC(=O)c2cn(-c3ccccc3)nc2-c2ccccc2)c(C)c1. The number of aryl methyl sites for hydroxylation is 2. The monoisotopic (exact) mass is 367 g/mol. The molecule has 0 bridgehead atoms. The third kappa shape index (κ3) is 3.58. The van der Waals surface area contributed by atoms with Gasteiger partial charge in [0.1, 0.15) is 5.69 Å². The highest BCUT2D eigenvalue weighted by Gasteiger charge is 2.19. The van der Waals surface area contributed by atoms with Crippen molar-refractivity contribution in [3.63, 3.8) is 0 Å². The van der Waals surface area contributed by atoms with E-state index in [1.54, 1.807) is 10.9 Å². The van der Waals surface area contributed by atoms with Crippen LogP contribution in [0.1, 0.15) is 21.5 Å². The summed E-state index contributed by atoms with van der Waals surface area (Å²) in [7, 11) is 0. The number of para-hydroxylation sites is 1. The summed E-state index contributed by atoms with van der Waals surface area (Å²) < 4.78 is 1.75. The molecule has 0 atom stereocenters. The average molecular weight is 367 g/mol. The summed E-state index contributed by atoms with van der Waals surface area (Å²) in [6.07, 6.45) is 1.79. The van der Waals surface area contributed by atoms with Gasteiger partial charge < -0.3 is 5.32 Å². The lowest BCUT2D eigenvalue weighted by molar-refractivity contribution is 0.102. The van der Waals surface area contributed by atoms with E-state index in [-0.39, 0.29) is 5.91 Å². The van der Waals surface area contributed by atoms with Crippen molar-refractivity contribution in [2.24, 2.45) is 0 Å². The van der Waals surface area contributed by atoms with E-state index in [0.29, 0.717) is 11.3 Å². The maximum atomic E-state index is 13.1.